The van der Waals surface area contributed by atoms with E-state index >= 15 is 0 Å². The highest BCUT2D eigenvalue weighted by Crippen LogP contribution is 2.26. The molecular weight excluding hydrogens is 187 g/mol. The van der Waals surface area contributed by atoms with Crippen molar-refractivity contribution in [2.24, 2.45) is 0 Å². The molecule has 2 rings (SSSR count). The largest absolute Gasteiger partial charge is 0.505 e. The third kappa shape index (κ3) is 1.80. The molecule has 1 N–H and O–H groups in total. The SMILES string of the molecule is Oc1ccc([S+]2CCCC2)cc1F. The van der Waals surface area contributed by atoms with Crippen molar-refractivity contribution in [1.29, 1.82) is 0 Å². The van der Waals surface area contributed by atoms with E-state index in [0.29, 0.717) is 0 Å². The molecule has 1 aliphatic rings. The Labute approximate surface area is 79.9 Å². The summed E-state index contributed by atoms with van der Waals surface area (Å²) in [6.45, 7) is 0. The summed E-state index contributed by atoms with van der Waals surface area (Å²) >= 11 is 0. The molecule has 13 heavy (non-hydrogen) atoms. The zero-order chi connectivity index (χ0) is 9.26. The topological polar surface area (TPSA) is 20.2 Å². The van der Waals surface area contributed by atoms with Crippen molar-refractivity contribution in [1.82, 2.24) is 0 Å². The first kappa shape index (κ1) is 8.88. The Hall–Kier alpha value is -0.700. The van der Waals surface area contributed by atoms with Gasteiger partial charge in [0.25, 0.3) is 0 Å². The van der Waals surface area contributed by atoms with E-state index in [1.54, 1.807) is 0 Å². The quantitative estimate of drug-likeness (QED) is 0.688. The number of hydrogen-bond acceptors (Lipinski definition) is 1. The van der Waals surface area contributed by atoms with Gasteiger partial charge in [-0.05, 0) is 25.0 Å². The van der Waals surface area contributed by atoms with Gasteiger partial charge in [-0.3, -0.25) is 0 Å². The van der Waals surface area contributed by atoms with Crippen LogP contribution in [0.15, 0.2) is 23.1 Å². The van der Waals surface area contributed by atoms with Crippen LogP contribution in [0.5, 0.6) is 5.75 Å². The van der Waals surface area contributed by atoms with E-state index in [0.717, 1.165) is 4.90 Å². The van der Waals surface area contributed by atoms with Gasteiger partial charge in [-0.1, -0.05) is 0 Å². The van der Waals surface area contributed by atoms with Crippen LogP contribution in [-0.4, -0.2) is 16.6 Å². The fraction of sp³-hybridized carbons (Fsp3) is 0.400. The van der Waals surface area contributed by atoms with Crippen molar-refractivity contribution in [3.63, 3.8) is 0 Å². The minimum atomic E-state index is -0.489. The van der Waals surface area contributed by atoms with Crippen molar-refractivity contribution < 1.29 is 9.50 Å². The number of phenols is 1. The Balaban J connectivity index is 2.25. The average Bonchev–Trinajstić information content (AvgIpc) is 2.62. The first-order valence-corrected chi connectivity index (χ1v) is 6.00. The first-order chi connectivity index (χ1) is 6.27. The molecule has 1 saturated heterocycles. The Bertz CT molecular complexity index is 308. The minimum Gasteiger partial charge on any atom is -0.505 e. The molecule has 3 heteroatoms. The maximum Gasteiger partial charge on any atom is 0.169 e. The normalized spacial score (nSPS) is 17.9. The number of phenolic OH excluding ortho intramolecular Hbond substituents is 1. The highest BCUT2D eigenvalue weighted by Gasteiger charge is 2.27. The molecule has 0 aliphatic carbocycles. The molecule has 1 fully saturated rings. The van der Waals surface area contributed by atoms with E-state index in [4.69, 9.17) is 5.11 Å². The summed E-state index contributed by atoms with van der Waals surface area (Å²) in [6, 6.07) is 4.77. The van der Waals surface area contributed by atoms with Gasteiger partial charge in [0.05, 0.1) is 0 Å². The molecule has 0 unspecified atom stereocenters. The van der Waals surface area contributed by atoms with Crippen molar-refractivity contribution in [3.8, 4) is 5.75 Å². The van der Waals surface area contributed by atoms with Crippen molar-refractivity contribution in [3.05, 3.63) is 24.0 Å². The van der Waals surface area contributed by atoms with Gasteiger partial charge in [0.2, 0.25) is 0 Å². The Kier molecular flexibility index (Phi) is 2.44. The molecule has 1 heterocycles. The van der Waals surface area contributed by atoms with Crippen LogP contribution in [0.2, 0.25) is 0 Å². The molecule has 70 valence electrons. The summed E-state index contributed by atoms with van der Waals surface area (Å²) in [5.41, 5.74) is 0. The van der Waals surface area contributed by atoms with Gasteiger partial charge in [0.15, 0.2) is 16.5 Å². The number of halogens is 1. The van der Waals surface area contributed by atoms with Gasteiger partial charge < -0.3 is 5.11 Å². The zero-order valence-corrected chi connectivity index (χ0v) is 8.11. The summed E-state index contributed by atoms with van der Waals surface area (Å²) in [6.07, 6.45) is 2.51. The third-order valence-corrected chi connectivity index (χ3v) is 4.77. The van der Waals surface area contributed by atoms with Gasteiger partial charge in [-0.2, -0.15) is 0 Å². The molecule has 0 spiro atoms. The molecule has 1 aromatic rings. The maximum absolute atomic E-state index is 13.0. The van der Waals surface area contributed by atoms with E-state index < -0.39 is 5.82 Å². The lowest BCUT2D eigenvalue weighted by molar-refractivity contribution is 0.431. The summed E-state index contributed by atoms with van der Waals surface area (Å²) in [5, 5.41) is 9.01. The summed E-state index contributed by atoms with van der Waals surface area (Å²) in [5.74, 6) is 1.64. The highest BCUT2D eigenvalue weighted by atomic mass is 32.2. The summed E-state index contributed by atoms with van der Waals surface area (Å²) in [4.78, 5) is 1.06. The highest BCUT2D eigenvalue weighted by molar-refractivity contribution is 7.97. The van der Waals surface area contributed by atoms with Crippen molar-refractivity contribution >= 4 is 10.9 Å². The van der Waals surface area contributed by atoms with Crippen molar-refractivity contribution in [2.75, 3.05) is 11.5 Å². The zero-order valence-electron chi connectivity index (χ0n) is 7.29. The molecule has 1 aromatic carbocycles. The number of hydrogen-bond donors (Lipinski definition) is 1. The van der Waals surface area contributed by atoms with Crippen LogP contribution in [0.25, 0.3) is 0 Å². The Morgan fingerprint density at radius 3 is 2.54 bits per heavy atom. The number of rotatable bonds is 1. The molecule has 0 saturated carbocycles. The Morgan fingerprint density at radius 2 is 1.92 bits per heavy atom. The smallest absolute Gasteiger partial charge is 0.169 e. The van der Waals surface area contributed by atoms with Crippen LogP contribution in [0, 0.1) is 5.82 Å². The van der Waals surface area contributed by atoms with Crippen LogP contribution in [-0.2, 0) is 10.9 Å². The first-order valence-electron chi connectivity index (χ1n) is 4.43. The van der Waals surface area contributed by atoms with Gasteiger partial charge in [-0.25, -0.2) is 4.39 Å². The summed E-state index contributed by atoms with van der Waals surface area (Å²) < 4.78 is 13.0. The monoisotopic (exact) mass is 199 g/mol. The molecule has 0 radical (unpaired) electrons. The van der Waals surface area contributed by atoms with Gasteiger partial charge in [0, 0.05) is 17.0 Å². The maximum atomic E-state index is 13.0. The minimum absolute atomic E-state index is 0.240. The number of benzene rings is 1. The van der Waals surface area contributed by atoms with Crippen LogP contribution < -0.4 is 0 Å². The van der Waals surface area contributed by atoms with Gasteiger partial charge >= 0.3 is 0 Å². The molecule has 0 bridgehead atoms. The fourth-order valence-corrected chi connectivity index (χ4v) is 3.87. The van der Waals surface area contributed by atoms with E-state index in [2.05, 4.69) is 0 Å². The molecular formula is C10H12FOS+. The molecule has 0 atom stereocenters. The van der Waals surface area contributed by atoms with Gasteiger partial charge in [0.1, 0.15) is 11.5 Å². The number of aromatic hydroxyl groups is 1. The summed E-state index contributed by atoms with van der Waals surface area (Å²) in [7, 11) is 0.240. The van der Waals surface area contributed by atoms with Gasteiger partial charge in [-0.15, -0.1) is 0 Å². The third-order valence-electron chi connectivity index (χ3n) is 2.28. The van der Waals surface area contributed by atoms with E-state index in [-0.39, 0.29) is 16.6 Å². The van der Waals surface area contributed by atoms with E-state index in [1.807, 2.05) is 6.07 Å². The lowest BCUT2D eigenvalue weighted by Gasteiger charge is -2.00. The van der Waals surface area contributed by atoms with Crippen LogP contribution >= 0.6 is 0 Å². The standard InChI is InChI=1S/C10H11FOS/c11-9-7-8(3-4-10(9)12)13-5-1-2-6-13/h3-4,7H,1-2,5-6H2/p+1. The molecule has 1 aliphatic heterocycles. The second kappa shape index (κ2) is 3.58. The fourth-order valence-electron chi connectivity index (χ4n) is 1.56. The second-order valence-electron chi connectivity index (χ2n) is 3.22. The molecule has 0 aromatic heterocycles. The molecule has 1 nitrogen and oxygen atoms in total. The lowest BCUT2D eigenvalue weighted by atomic mass is 10.3. The van der Waals surface area contributed by atoms with E-state index in [1.165, 1.54) is 36.5 Å². The van der Waals surface area contributed by atoms with Crippen LogP contribution in [0.4, 0.5) is 4.39 Å². The van der Waals surface area contributed by atoms with Crippen LogP contribution in [0.1, 0.15) is 12.8 Å². The second-order valence-corrected chi connectivity index (χ2v) is 5.49. The average molecular weight is 199 g/mol. The lowest BCUT2D eigenvalue weighted by Crippen LogP contribution is -2.03. The predicted molar refractivity (Wildman–Crippen MR) is 52.7 cm³/mol. The molecule has 0 amide bonds. The van der Waals surface area contributed by atoms with Crippen molar-refractivity contribution in [2.45, 2.75) is 17.7 Å². The Morgan fingerprint density at radius 1 is 1.23 bits per heavy atom. The predicted octanol–water partition coefficient (Wildman–Crippen LogP) is 2.30. The van der Waals surface area contributed by atoms with Crippen LogP contribution in [0.3, 0.4) is 0 Å². The van der Waals surface area contributed by atoms with E-state index in [9.17, 15) is 4.39 Å².